The van der Waals surface area contributed by atoms with Crippen molar-refractivity contribution in [3.63, 3.8) is 0 Å². The van der Waals surface area contributed by atoms with Crippen LogP contribution < -0.4 is 0 Å². The number of benzene rings is 1. The number of alkyl halides is 3. The smallest absolute Gasteiger partial charge is 0.227 e. The molecule has 0 radical (unpaired) electrons. The molecule has 15 heavy (non-hydrogen) atoms. The Kier molecular flexibility index (Phi) is 2.96. The lowest BCUT2D eigenvalue weighted by Crippen LogP contribution is -2.04. The van der Waals surface area contributed by atoms with Gasteiger partial charge in [-0.3, -0.25) is 0 Å². The molecule has 0 aromatic heterocycles. The third-order valence-electron chi connectivity index (χ3n) is 2.64. The van der Waals surface area contributed by atoms with E-state index in [0.29, 0.717) is 0 Å². The highest BCUT2D eigenvalue weighted by Gasteiger charge is 2.30. The predicted molar refractivity (Wildman–Crippen MR) is 57.7 cm³/mol. The summed E-state index contributed by atoms with van der Waals surface area (Å²) < 4.78 is 37.4. The molecular formula is C11H13F3S. The van der Waals surface area contributed by atoms with E-state index in [-0.39, 0.29) is 10.9 Å². The molecule has 0 atom stereocenters. The fourth-order valence-electron chi connectivity index (χ4n) is 1.85. The van der Waals surface area contributed by atoms with Crippen LogP contribution in [0.25, 0.3) is 0 Å². The number of hydrogen-bond acceptors (Lipinski definition) is 0. The lowest BCUT2D eigenvalue weighted by Gasteiger charge is -2.16. The van der Waals surface area contributed by atoms with Gasteiger partial charge in [-0.05, 0) is 41.4 Å². The zero-order valence-corrected chi connectivity index (χ0v) is 9.11. The molecule has 0 spiro atoms. The van der Waals surface area contributed by atoms with Gasteiger partial charge in [-0.15, -0.1) is 0 Å². The summed E-state index contributed by atoms with van der Waals surface area (Å²) in [6.45, 7) is 0. The van der Waals surface area contributed by atoms with Crippen LogP contribution in [0.5, 0.6) is 0 Å². The van der Waals surface area contributed by atoms with E-state index in [4.69, 9.17) is 0 Å². The first kappa shape index (κ1) is 10.9. The van der Waals surface area contributed by atoms with Crippen molar-refractivity contribution in [2.75, 3.05) is 11.5 Å². The van der Waals surface area contributed by atoms with Crippen LogP contribution in [0.1, 0.15) is 18.4 Å². The van der Waals surface area contributed by atoms with Crippen LogP contribution in [0.4, 0.5) is 13.2 Å². The second kappa shape index (κ2) is 4.08. The molecule has 1 aliphatic heterocycles. The average Bonchev–Trinajstić information content (AvgIpc) is 2.69. The molecule has 0 saturated carbocycles. The molecule has 0 aliphatic carbocycles. The van der Waals surface area contributed by atoms with Gasteiger partial charge < -0.3 is 0 Å². The van der Waals surface area contributed by atoms with Crippen molar-refractivity contribution in [2.24, 2.45) is 0 Å². The molecule has 0 nitrogen and oxygen atoms in total. The number of hydrogen-bond donors (Lipinski definition) is 1. The minimum Gasteiger partial charge on any atom is -0.227 e. The van der Waals surface area contributed by atoms with Crippen LogP contribution in [0.2, 0.25) is 0 Å². The monoisotopic (exact) mass is 234 g/mol. The van der Waals surface area contributed by atoms with Gasteiger partial charge in [0.1, 0.15) is 0 Å². The zero-order valence-electron chi connectivity index (χ0n) is 8.22. The van der Waals surface area contributed by atoms with E-state index in [1.54, 1.807) is 0 Å². The fraction of sp³-hybridized carbons (Fsp3) is 0.455. The van der Waals surface area contributed by atoms with Crippen LogP contribution in [-0.4, -0.2) is 11.5 Å². The van der Waals surface area contributed by atoms with E-state index in [0.717, 1.165) is 22.5 Å². The SMILES string of the molecule is FC(F)(F)c1cccc([SH]2CCCC2)c1. The van der Waals surface area contributed by atoms with E-state index in [9.17, 15) is 13.2 Å². The molecule has 0 unspecified atom stereocenters. The van der Waals surface area contributed by atoms with Crippen molar-refractivity contribution in [2.45, 2.75) is 23.9 Å². The lowest BCUT2D eigenvalue weighted by molar-refractivity contribution is -0.137. The highest BCUT2D eigenvalue weighted by atomic mass is 32.2. The normalized spacial score (nSPS) is 19.5. The zero-order chi connectivity index (χ0) is 10.9. The molecule has 2 rings (SSSR count). The van der Waals surface area contributed by atoms with Crippen LogP contribution in [0.15, 0.2) is 29.2 Å². The topological polar surface area (TPSA) is 0 Å². The Morgan fingerprint density at radius 3 is 2.33 bits per heavy atom. The molecular weight excluding hydrogens is 221 g/mol. The molecule has 4 heteroatoms. The Morgan fingerprint density at radius 1 is 1.07 bits per heavy atom. The summed E-state index contributed by atoms with van der Waals surface area (Å²) in [6.07, 6.45) is -1.87. The summed E-state index contributed by atoms with van der Waals surface area (Å²) >= 11 is 0. The van der Waals surface area contributed by atoms with Gasteiger partial charge in [0.15, 0.2) is 0 Å². The fourth-order valence-corrected chi connectivity index (χ4v) is 4.42. The minimum absolute atomic E-state index is 0.304. The standard InChI is InChI=1S/C11H13F3S/c12-11(13,14)9-4-3-5-10(8-9)15-6-1-2-7-15/h3-5,8,15H,1-2,6-7H2. The van der Waals surface area contributed by atoms with Gasteiger partial charge in [0.25, 0.3) is 0 Å². The van der Waals surface area contributed by atoms with Crippen molar-refractivity contribution in [1.29, 1.82) is 0 Å². The average molecular weight is 234 g/mol. The van der Waals surface area contributed by atoms with Gasteiger partial charge in [-0.2, -0.15) is 13.2 Å². The highest BCUT2D eigenvalue weighted by Crippen LogP contribution is 2.44. The first-order chi connectivity index (χ1) is 7.07. The Morgan fingerprint density at radius 2 is 1.73 bits per heavy atom. The lowest BCUT2D eigenvalue weighted by atomic mass is 10.2. The maximum Gasteiger partial charge on any atom is 0.416 e. The van der Waals surface area contributed by atoms with Crippen LogP contribution in [0.3, 0.4) is 0 Å². The Hall–Kier alpha value is -0.640. The van der Waals surface area contributed by atoms with E-state index < -0.39 is 11.7 Å². The van der Waals surface area contributed by atoms with Crippen molar-refractivity contribution in [1.82, 2.24) is 0 Å². The minimum atomic E-state index is -4.20. The molecule has 0 N–H and O–H groups in total. The van der Waals surface area contributed by atoms with E-state index in [1.165, 1.54) is 25.0 Å². The van der Waals surface area contributed by atoms with Gasteiger partial charge in [0.05, 0.1) is 5.56 Å². The second-order valence-electron chi connectivity index (χ2n) is 3.74. The first-order valence-corrected chi connectivity index (χ1v) is 6.71. The van der Waals surface area contributed by atoms with Crippen LogP contribution in [-0.2, 0) is 6.18 Å². The molecule has 1 heterocycles. The number of thiol groups is 1. The van der Waals surface area contributed by atoms with Gasteiger partial charge >= 0.3 is 6.18 Å². The molecule has 1 saturated heterocycles. The van der Waals surface area contributed by atoms with Gasteiger partial charge in [-0.25, -0.2) is 10.9 Å². The Balaban J connectivity index is 2.26. The summed E-state index contributed by atoms with van der Waals surface area (Å²) in [5.74, 6) is 2.19. The largest absolute Gasteiger partial charge is 0.416 e. The van der Waals surface area contributed by atoms with Crippen molar-refractivity contribution in [3.05, 3.63) is 29.8 Å². The number of halogens is 3. The van der Waals surface area contributed by atoms with E-state index in [1.807, 2.05) is 6.07 Å². The van der Waals surface area contributed by atoms with Gasteiger partial charge in [-0.1, -0.05) is 12.1 Å². The summed E-state index contributed by atoms with van der Waals surface area (Å²) in [6, 6.07) is 5.84. The van der Waals surface area contributed by atoms with Crippen LogP contribution >= 0.6 is 10.9 Å². The van der Waals surface area contributed by atoms with E-state index in [2.05, 4.69) is 0 Å². The van der Waals surface area contributed by atoms with Crippen molar-refractivity contribution < 1.29 is 13.2 Å². The van der Waals surface area contributed by atoms with Gasteiger partial charge in [0.2, 0.25) is 0 Å². The third kappa shape index (κ3) is 2.48. The molecule has 0 amide bonds. The maximum absolute atomic E-state index is 12.5. The quantitative estimate of drug-likeness (QED) is 0.701. The Labute approximate surface area is 89.8 Å². The molecule has 1 fully saturated rings. The van der Waals surface area contributed by atoms with Gasteiger partial charge in [0, 0.05) is 0 Å². The number of rotatable bonds is 1. The third-order valence-corrected chi connectivity index (χ3v) is 5.37. The summed E-state index contributed by atoms with van der Waals surface area (Å²) in [7, 11) is -0.304. The second-order valence-corrected chi connectivity index (χ2v) is 6.23. The van der Waals surface area contributed by atoms with Crippen molar-refractivity contribution in [3.8, 4) is 0 Å². The van der Waals surface area contributed by atoms with Crippen LogP contribution in [0, 0.1) is 0 Å². The predicted octanol–water partition coefficient (Wildman–Crippen LogP) is 3.86. The Bertz CT molecular complexity index is 340. The highest BCUT2D eigenvalue weighted by molar-refractivity contribution is 8.17. The summed E-state index contributed by atoms with van der Waals surface area (Å²) in [5.41, 5.74) is -0.505. The molecule has 1 aliphatic rings. The molecule has 1 aromatic carbocycles. The summed E-state index contributed by atoms with van der Waals surface area (Å²) in [5, 5.41) is 0. The van der Waals surface area contributed by atoms with Crippen molar-refractivity contribution >= 4 is 10.9 Å². The van der Waals surface area contributed by atoms with E-state index >= 15 is 0 Å². The summed E-state index contributed by atoms with van der Waals surface area (Å²) in [4.78, 5) is 0.914. The molecule has 0 bridgehead atoms. The maximum atomic E-state index is 12.5. The first-order valence-electron chi connectivity index (χ1n) is 4.99. The molecule has 1 aromatic rings. The molecule has 84 valence electrons.